The molecular weight excluding hydrogens is 258 g/mol. The minimum absolute atomic E-state index is 0.167. The van der Waals surface area contributed by atoms with Crippen molar-refractivity contribution in [3.05, 3.63) is 65.4 Å². The van der Waals surface area contributed by atoms with E-state index in [1.54, 1.807) is 0 Å². The van der Waals surface area contributed by atoms with Gasteiger partial charge in [0.2, 0.25) is 0 Å². The number of benzene rings is 1. The summed E-state index contributed by atoms with van der Waals surface area (Å²) in [6.07, 6.45) is 13.0. The Labute approximate surface area is 123 Å². The molecule has 2 aliphatic carbocycles. The molecule has 1 heterocycles. The lowest BCUT2D eigenvalue weighted by molar-refractivity contribution is 0.0994. The molecule has 21 heavy (non-hydrogen) atoms. The topological polar surface area (TPSA) is 30.0 Å². The number of rotatable bonds is 1. The number of carbonyl (C=O) groups is 1. The molecule has 2 aliphatic rings. The van der Waals surface area contributed by atoms with Gasteiger partial charge in [-0.05, 0) is 30.6 Å². The molecule has 0 radical (unpaired) electrons. The number of hydrogen-bond acceptors (Lipinski definition) is 2. The van der Waals surface area contributed by atoms with Crippen molar-refractivity contribution in [2.24, 2.45) is 0 Å². The third-order valence-corrected chi connectivity index (χ3v) is 4.06. The molecule has 0 unspecified atom stereocenters. The van der Waals surface area contributed by atoms with Crippen LogP contribution in [0.1, 0.15) is 40.9 Å². The highest BCUT2D eigenvalue weighted by Crippen LogP contribution is 2.35. The van der Waals surface area contributed by atoms with E-state index in [1.807, 2.05) is 30.4 Å². The first-order valence-corrected chi connectivity index (χ1v) is 7.34. The fourth-order valence-electron chi connectivity index (χ4n) is 3.11. The number of hydrogen-bond donors (Lipinski definition) is 0. The highest BCUT2D eigenvalue weighted by Gasteiger charge is 2.23. The molecule has 2 aromatic rings. The Morgan fingerprint density at radius 3 is 2.71 bits per heavy atom. The van der Waals surface area contributed by atoms with Gasteiger partial charge in [0.05, 0.1) is 16.8 Å². The first-order valence-electron chi connectivity index (χ1n) is 7.34. The van der Waals surface area contributed by atoms with Gasteiger partial charge in [-0.1, -0.05) is 42.5 Å². The molecule has 0 saturated heterocycles. The van der Waals surface area contributed by atoms with Gasteiger partial charge in [0.25, 0.3) is 0 Å². The Hall–Kier alpha value is -2.48. The third kappa shape index (κ3) is 1.95. The second kappa shape index (κ2) is 4.81. The van der Waals surface area contributed by atoms with Gasteiger partial charge in [-0.15, -0.1) is 0 Å². The number of para-hydroxylation sites is 1. The van der Waals surface area contributed by atoms with E-state index in [0.717, 1.165) is 46.1 Å². The molecule has 2 heteroatoms. The van der Waals surface area contributed by atoms with E-state index in [1.165, 1.54) is 0 Å². The van der Waals surface area contributed by atoms with Crippen LogP contribution in [0, 0.1) is 0 Å². The predicted octanol–water partition coefficient (Wildman–Crippen LogP) is 4.57. The van der Waals surface area contributed by atoms with Crippen LogP contribution in [0.4, 0.5) is 0 Å². The van der Waals surface area contributed by atoms with Crippen LogP contribution in [0.2, 0.25) is 0 Å². The van der Waals surface area contributed by atoms with Gasteiger partial charge in [0.1, 0.15) is 0 Å². The quantitative estimate of drug-likeness (QED) is 0.762. The van der Waals surface area contributed by atoms with Gasteiger partial charge >= 0.3 is 0 Å². The average molecular weight is 273 g/mol. The Morgan fingerprint density at radius 2 is 1.86 bits per heavy atom. The lowest BCUT2D eigenvalue weighted by Gasteiger charge is -2.18. The molecule has 0 amide bonds. The minimum Gasteiger partial charge on any atom is -0.294 e. The first kappa shape index (κ1) is 12.3. The summed E-state index contributed by atoms with van der Waals surface area (Å²) in [6.45, 7) is 0. The summed E-state index contributed by atoms with van der Waals surface area (Å²) in [5.74, 6) is 0.167. The highest BCUT2D eigenvalue weighted by atomic mass is 16.1. The first-order chi connectivity index (χ1) is 10.3. The van der Waals surface area contributed by atoms with Crippen molar-refractivity contribution in [2.75, 3.05) is 0 Å². The molecule has 0 N–H and O–H groups in total. The van der Waals surface area contributed by atoms with E-state index in [2.05, 4.69) is 29.3 Å². The van der Waals surface area contributed by atoms with Crippen molar-refractivity contribution in [3.8, 4) is 0 Å². The number of ketones is 1. The van der Waals surface area contributed by atoms with Gasteiger partial charge < -0.3 is 0 Å². The van der Waals surface area contributed by atoms with E-state index in [0.29, 0.717) is 6.42 Å². The molecular formula is C19H15NO. The zero-order valence-electron chi connectivity index (χ0n) is 11.7. The van der Waals surface area contributed by atoms with Crippen LogP contribution >= 0.6 is 0 Å². The van der Waals surface area contributed by atoms with Crippen LogP contribution in [-0.2, 0) is 0 Å². The lowest BCUT2D eigenvalue weighted by Crippen LogP contribution is -2.11. The van der Waals surface area contributed by atoms with Crippen molar-refractivity contribution in [2.45, 2.75) is 19.3 Å². The maximum atomic E-state index is 12.5. The molecule has 0 aliphatic heterocycles. The Bertz CT molecular complexity index is 840. The minimum atomic E-state index is 0.167. The Morgan fingerprint density at radius 1 is 0.952 bits per heavy atom. The van der Waals surface area contributed by atoms with Crippen LogP contribution < -0.4 is 0 Å². The molecule has 2 nitrogen and oxygen atoms in total. The fourth-order valence-corrected chi connectivity index (χ4v) is 3.11. The number of nitrogens with zero attached hydrogens (tertiary/aromatic N) is 1. The van der Waals surface area contributed by atoms with Gasteiger partial charge in [-0.25, -0.2) is 4.98 Å². The summed E-state index contributed by atoms with van der Waals surface area (Å²) in [7, 11) is 0. The standard InChI is InChI=1S/C19H15NO/c21-17-12-6-11-16-19(17)18(13-7-2-1-3-8-13)14-9-4-5-10-15(14)20-16/h2,4-11H,1,3,12H2. The third-order valence-electron chi connectivity index (χ3n) is 4.06. The van der Waals surface area contributed by atoms with E-state index in [-0.39, 0.29) is 5.78 Å². The SMILES string of the molecule is O=C1CC=Cc2nc3ccccc3c(C3=CCCC=C3)c21. The van der Waals surface area contributed by atoms with Gasteiger partial charge in [-0.3, -0.25) is 4.79 Å². The van der Waals surface area contributed by atoms with Crippen molar-refractivity contribution in [1.82, 2.24) is 4.98 Å². The molecule has 1 aromatic heterocycles. The number of allylic oxidation sites excluding steroid dienone is 5. The van der Waals surface area contributed by atoms with E-state index >= 15 is 0 Å². The molecule has 0 saturated carbocycles. The average Bonchev–Trinajstić information content (AvgIpc) is 2.54. The van der Waals surface area contributed by atoms with Crippen molar-refractivity contribution >= 4 is 28.3 Å². The lowest BCUT2D eigenvalue weighted by atomic mass is 9.87. The largest absolute Gasteiger partial charge is 0.294 e. The molecule has 0 atom stereocenters. The summed E-state index contributed by atoms with van der Waals surface area (Å²) in [5.41, 5.74) is 4.75. The molecule has 4 rings (SSSR count). The number of pyridine rings is 1. The van der Waals surface area contributed by atoms with Crippen molar-refractivity contribution < 1.29 is 4.79 Å². The number of Topliss-reactive ketones (excluding diaryl/α,β-unsaturated/α-hetero) is 1. The second-order valence-electron chi connectivity index (χ2n) is 5.43. The Balaban J connectivity index is 2.13. The van der Waals surface area contributed by atoms with Crippen LogP contribution in [0.15, 0.2) is 48.6 Å². The van der Waals surface area contributed by atoms with E-state index < -0.39 is 0 Å². The van der Waals surface area contributed by atoms with Crippen molar-refractivity contribution in [1.29, 1.82) is 0 Å². The predicted molar refractivity (Wildman–Crippen MR) is 86.1 cm³/mol. The summed E-state index contributed by atoms with van der Waals surface area (Å²) in [6, 6.07) is 8.08. The van der Waals surface area contributed by atoms with Crippen LogP contribution in [0.25, 0.3) is 22.6 Å². The van der Waals surface area contributed by atoms with E-state index in [4.69, 9.17) is 0 Å². The monoisotopic (exact) mass is 273 g/mol. The van der Waals surface area contributed by atoms with Gasteiger partial charge in [-0.2, -0.15) is 0 Å². The molecule has 1 aromatic carbocycles. The summed E-state index contributed by atoms with van der Waals surface area (Å²) in [5, 5.41) is 1.07. The van der Waals surface area contributed by atoms with Crippen LogP contribution in [0.3, 0.4) is 0 Å². The van der Waals surface area contributed by atoms with Crippen LogP contribution in [-0.4, -0.2) is 10.8 Å². The highest BCUT2D eigenvalue weighted by molar-refractivity contribution is 6.12. The van der Waals surface area contributed by atoms with Crippen molar-refractivity contribution in [3.63, 3.8) is 0 Å². The maximum Gasteiger partial charge on any atom is 0.169 e. The summed E-state index contributed by atoms with van der Waals surface area (Å²) in [4.78, 5) is 17.1. The fraction of sp³-hybridized carbons (Fsp3) is 0.158. The molecule has 102 valence electrons. The zero-order valence-corrected chi connectivity index (χ0v) is 11.7. The molecule has 0 fully saturated rings. The number of fused-ring (bicyclic) bond motifs is 2. The summed E-state index contributed by atoms with van der Waals surface area (Å²) >= 11 is 0. The molecule has 0 bridgehead atoms. The maximum absolute atomic E-state index is 12.5. The zero-order chi connectivity index (χ0) is 14.2. The normalized spacial score (nSPS) is 17.0. The van der Waals surface area contributed by atoms with E-state index in [9.17, 15) is 4.79 Å². The summed E-state index contributed by atoms with van der Waals surface area (Å²) < 4.78 is 0. The van der Waals surface area contributed by atoms with Gasteiger partial charge in [0.15, 0.2) is 5.78 Å². The number of aromatic nitrogens is 1. The Kier molecular flexibility index (Phi) is 2.81. The molecule has 0 spiro atoms. The van der Waals surface area contributed by atoms with Gasteiger partial charge in [0, 0.05) is 17.4 Å². The van der Waals surface area contributed by atoms with Crippen LogP contribution in [0.5, 0.6) is 0 Å². The second-order valence-corrected chi connectivity index (χ2v) is 5.43. The smallest absolute Gasteiger partial charge is 0.169 e. The number of carbonyl (C=O) groups excluding carboxylic acids is 1.